The maximum absolute atomic E-state index is 9.32. The van der Waals surface area contributed by atoms with E-state index in [0.29, 0.717) is 0 Å². The highest BCUT2D eigenvalue weighted by atomic mass is 16.4. The molecule has 1 rings (SSSR count). The van der Waals surface area contributed by atoms with Crippen molar-refractivity contribution in [2.24, 2.45) is 0 Å². The van der Waals surface area contributed by atoms with Crippen molar-refractivity contribution < 1.29 is 15.3 Å². The van der Waals surface area contributed by atoms with Crippen LogP contribution in [0.1, 0.15) is 6.42 Å². The highest BCUT2D eigenvalue weighted by Gasteiger charge is 2.33. The van der Waals surface area contributed by atoms with Gasteiger partial charge in [-0.25, -0.2) is 9.80 Å². The number of aliphatic hydroxyl groups is 3. The minimum absolute atomic E-state index is 0.240. The van der Waals surface area contributed by atoms with Gasteiger partial charge in [-0.1, -0.05) is 0 Å². The van der Waals surface area contributed by atoms with Crippen LogP contribution in [0.25, 0.3) is 0 Å². The van der Waals surface area contributed by atoms with Crippen LogP contribution in [0.15, 0.2) is 0 Å². The van der Waals surface area contributed by atoms with Crippen LogP contribution in [-0.4, -0.2) is 58.0 Å². The number of nitrogens with zero attached hydrogens (tertiary/aromatic N) is 2. The molecule has 2 unspecified atom stereocenters. The molecular formula is C6H14N2O3. The predicted molar refractivity (Wildman–Crippen MR) is 38.2 cm³/mol. The molecule has 1 saturated heterocycles. The summed E-state index contributed by atoms with van der Waals surface area (Å²) < 4.78 is 0. The summed E-state index contributed by atoms with van der Waals surface area (Å²) in [6.45, 7) is 0. The minimum Gasteiger partial charge on any atom is -0.378 e. The quantitative estimate of drug-likeness (QED) is 0.391. The number of hydrogen-bond donors (Lipinski definition) is 3. The lowest BCUT2D eigenvalue weighted by atomic mass is 10.2. The molecule has 0 radical (unpaired) electrons. The second kappa shape index (κ2) is 3.04. The molecule has 0 aromatic rings. The molecule has 0 aliphatic carbocycles. The maximum Gasteiger partial charge on any atom is 0.169 e. The van der Waals surface area contributed by atoms with Gasteiger partial charge in [0, 0.05) is 6.42 Å². The van der Waals surface area contributed by atoms with Crippen LogP contribution in [0.4, 0.5) is 0 Å². The Hall–Kier alpha value is -0.200. The summed E-state index contributed by atoms with van der Waals surface area (Å²) in [4.78, 5) is 2.76. The third kappa shape index (κ3) is 1.52. The maximum atomic E-state index is 9.32. The summed E-state index contributed by atoms with van der Waals surface area (Å²) in [6, 6.07) is 0. The van der Waals surface area contributed by atoms with E-state index in [9.17, 15) is 15.3 Å². The monoisotopic (exact) mass is 162 g/mol. The van der Waals surface area contributed by atoms with Crippen molar-refractivity contribution in [1.29, 1.82) is 0 Å². The van der Waals surface area contributed by atoms with Gasteiger partial charge in [-0.2, -0.15) is 0 Å². The highest BCUT2D eigenvalue weighted by Crippen LogP contribution is 2.17. The third-order valence-electron chi connectivity index (χ3n) is 2.09. The molecule has 0 aromatic carbocycles. The zero-order valence-corrected chi connectivity index (χ0v) is 6.68. The highest BCUT2D eigenvalue weighted by molar-refractivity contribution is 4.72. The second-order valence-electron chi connectivity index (χ2n) is 2.87. The fraction of sp³-hybridized carbons (Fsp3) is 1.00. The van der Waals surface area contributed by atoms with Gasteiger partial charge in [0.25, 0.3) is 0 Å². The van der Waals surface area contributed by atoms with Gasteiger partial charge in [0.15, 0.2) is 6.35 Å². The van der Waals surface area contributed by atoms with E-state index in [1.54, 1.807) is 14.1 Å². The van der Waals surface area contributed by atoms with E-state index in [2.05, 4.69) is 0 Å². The molecule has 5 nitrogen and oxygen atoms in total. The van der Waals surface area contributed by atoms with Crippen LogP contribution in [0.5, 0.6) is 0 Å². The summed E-state index contributed by atoms with van der Waals surface area (Å²) in [5.41, 5.74) is 0. The second-order valence-corrected chi connectivity index (χ2v) is 2.87. The first-order valence-corrected chi connectivity index (χ1v) is 3.52. The van der Waals surface area contributed by atoms with Crippen LogP contribution < -0.4 is 0 Å². The molecule has 1 aliphatic heterocycles. The molecule has 66 valence electrons. The lowest BCUT2D eigenvalue weighted by molar-refractivity contribution is -0.241. The molecule has 1 aliphatic rings. The molecule has 0 bridgehead atoms. The van der Waals surface area contributed by atoms with Gasteiger partial charge >= 0.3 is 0 Å². The van der Waals surface area contributed by atoms with Crippen molar-refractivity contribution in [1.82, 2.24) is 9.80 Å². The average molecular weight is 162 g/mol. The fourth-order valence-corrected chi connectivity index (χ4v) is 1.12. The van der Waals surface area contributed by atoms with Gasteiger partial charge in [-0.15, -0.1) is 0 Å². The fourth-order valence-electron chi connectivity index (χ4n) is 1.12. The van der Waals surface area contributed by atoms with Crippen LogP contribution in [0.3, 0.4) is 0 Å². The first-order chi connectivity index (χ1) is 5.04. The summed E-state index contributed by atoms with van der Waals surface area (Å²) in [5, 5.41) is 27.8. The summed E-state index contributed by atoms with van der Waals surface area (Å²) >= 11 is 0. The van der Waals surface area contributed by atoms with Crippen LogP contribution in [0.2, 0.25) is 0 Å². The Kier molecular flexibility index (Phi) is 2.46. The van der Waals surface area contributed by atoms with Crippen LogP contribution >= 0.6 is 0 Å². The molecular weight excluding hydrogens is 148 g/mol. The zero-order valence-electron chi connectivity index (χ0n) is 6.68. The van der Waals surface area contributed by atoms with Crippen LogP contribution in [0, 0.1) is 0 Å². The van der Waals surface area contributed by atoms with Gasteiger partial charge in [0.05, 0.1) is 0 Å². The summed E-state index contributed by atoms with van der Waals surface area (Å²) in [5.74, 6) is 0. The van der Waals surface area contributed by atoms with Crippen LogP contribution in [-0.2, 0) is 0 Å². The van der Waals surface area contributed by atoms with Gasteiger partial charge < -0.3 is 15.3 Å². The first kappa shape index (κ1) is 8.89. The van der Waals surface area contributed by atoms with E-state index in [1.165, 1.54) is 9.80 Å². The lowest BCUT2D eigenvalue weighted by Crippen LogP contribution is -2.59. The number of hydrogen-bond acceptors (Lipinski definition) is 5. The Labute approximate surface area is 65.5 Å². The first-order valence-electron chi connectivity index (χ1n) is 3.52. The molecule has 0 spiro atoms. The summed E-state index contributed by atoms with van der Waals surface area (Å²) in [7, 11) is 3.19. The van der Waals surface area contributed by atoms with Crippen molar-refractivity contribution in [3.8, 4) is 0 Å². The van der Waals surface area contributed by atoms with E-state index in [0.717, 1.165) is 0 Å². The van der Waals surface area contributed by atoms with E-state index in [-0.39, 0.29) is 6.42 Å². The third-order valence-corrected chi connectivity index (χ3v) is 2.09. The molecule has 1 fully saturated rings. The Balaban J connectivity index is 2.63. The largest absolute Gasteiger partial charge is 0.378 e. The molecule has 2 atom stereocenters. The van der Waals surface area contributed by atoms with E-state index >= 15 is 0 Å². The normalized spacial score (nSPS) is 42.8. The SMILES string of the molecule is CN1C(O)CC(O)N(C)C1O. The Bertz CT molecular complexity index is 130. The lowest BCUT2D eigenvalue weighted by Gasteiger charge is -2.42. The average Bonchev–Trinajstić information content (AvgIpc) is 1.97. The topological polar surface area (TPSA) is 67.2 Å². The van der Waals surface area contributed by atoms with Crippen molar-refractivity contribution >= 4 is 0 Å². The van der Waals surface area contributed by atoms with Crippen molar-refractivity contribution in [3.63, 3.8) is 0 Å². The molecule has 0 aromatic heterocycles. The molecule has 1 heterocycles. The molecule has 3 N–H and O–H groups in total. The van der Waals surface area contributed by atoms with Gasteiger partial charge in [0.1, 0.15) is 12.5 Å². The Morgan fingerprint density at radius 1 is 1.00 bits per heavy atom. The number of rotatable bonds is 0. The Morgan fingerprint density at radius 3 is 1.73 bits per heavy atom. The standard InChI is InChI=1S/C6H14N2O3/c1-7-4(9)3-5(10)8(2)6(7)11/h4-6,9-11H,3H2,1-2H3. The van der Waals surface area contributed by atoms with Gasteiger partial charge in [-0.05, 0) is 14.1 Å². The van der Waals surface area contributed by atoms with Gasteiger partial charge in [-0.3, -0.25) is 0 Å². The van der Waals surface area contributed by atoms with E-state index < -0.39 is 18.8 Å². The van der Waals surface area contributed by atoms with Crippen molar-refractivity contribution in [3.05, 3.63) is 0 Å². The number of aliphatic hydroxyl groups excluding tert-OH is 3. The van der Waals surface area contributed by atoms with E-state index in [4.69, 9.17) is 0 Å². The molecule has 5 heteroatoms. The summed E-state index contributed by atoms with van der Waals surface area (Å²) in [6.07, 6.45) is -2.20. The molecule has 0 saturated carbocycles. The smallest absolute Gasteiger partial charge is 0.169 e. The van der Waals surface area contributed by atoms with Crippen molar-refractivity contribution in [2.45, 2.75) is 25.2 Å². The molecule has 0 amide bonds. The zero-order chi connectivity index (χ0) is 8.59. The molecule has 11 heavy (non-hydrogen) atoms. The predicted octanol–water partition coefficient (Wildman–Crippen LogP) is -1.83. The van der Waals surface area contributed by atoms with Crippen molar-refractivity contribution in [2.75, 3.05) is 14.1 Å². The van der Waals surface area contributed by atoms with E-state index in [1.807, 2.05) is 0 Å². The Morgan fingerprint density at radius 2 is 1.36 bits per heavy atom. The van der Waals surface area contributed by atoms with Gasteiger partial charge in [0.2, 0.25) is 0 Å². The minimum atomic E-state index is -0.909.